The van der Waals surface area contributed by atoms with Gasteiger partial charge in [-0.3, -0.25) is 0 Å². The summed E-state index contributed by atoms with van der Waals surface area (Å²) < 4.78 is 34.2. The van der Waals surface area contributed by atoms with E-state index in [1.54, 1.807) is 11.0 Å². The molecule has 0 aliphatic carbocycles. The number of nitrogens with zero attached hydrogens (tertiary/aromatic N) is 1. The third kappa shape index (κ3) is 4.75. The molecule has 4 aromatic carbocycles. The maximum absolute atomic E-state index is 14.1. The van der Waals surface area contributed by atoms with Crippen molar-refractivity contribution in [3.05, 3.63) is 102 Å². The van der Waals surface area contributed by atoms with Crippen molar-refractivity contribution in [1.82, 2.24) is 5.32 Å². The molecule has 36 heavy (non-hydrogen) atoms. The Balaban J connectivity index is 1.34. The molecule has 1 aliphatic heterocycles. The molecule has 0 fully saturated rings. The molecule has 0 bridgehead atoms. The van der Waals surface area contributed by atoms with Gasteiger partial charge in [-0.1, -0.05) is 42.5 Å². The van der Waals surface area contributed by atoms with Gasteiger partial charge in [0.05, 0.1) is 17.8 Å². The Bertz CT molecular complexity index is 1420. The van der Waals surface area contributed by atoms with Gasteiger partial charge in [-0.15, -0.1) is 0 Å². The number of hydrogen-bond acceptors (Lipinski definition) is 4. The summed E-state index contributed by atoms with van der Waals surface area (Å²) in [5, 5.41) is 15.3. The number of benzene rings is 4. The molecule has 1 heterocycles. The molecular weight excluding hydrogens is 462 g/mol. The summed E-state index contributed by atoms with van der Waals surface area (Å²) in [7, 11) is 0. The molecule has 5 nitrogen and oxygen atoms in total. The van der Waals surface area contributed by atoms with Crippen LogP contribution >= 0.6 is 0 Å². The number of carboxylic acid groups (broad SMARTS) is 1. The number of carbonyl (C=O) groups is 1. The highest BCUT2D eigenvalue weighted by molar-refractivity contribution is 5.90. The minimum atomic E-state index is -1.36. The summed E-state index contributed by atoms with van der Waals surface area (Å²) >= 11 is 0. The molecule has 0 saturated carbocycles. The van der Waals surface area contributed by atoms with E-state index in [1.807, 2.05) is 12.1 Å². The molecule has 0 saturated heterocycles. The van der Waals surface area contributed by atoms with Crippen LogP contribution in [0.25, 0.3) is 10.8 Å². The highest BCUT2D eigenvalue weighted by Crippen LogP contribution is 2.39. The zero-order valence-electron chi connectivity index (χ0n) is 19.7. The number of hydrogen-bond donors (Lipinski definition) is 2. The van der Waals surface area contributed by atoms with Gasteiger partial charge in [0, 0.05) is 17.8 Å². The standard InChI is InChI=1S/C29H26F2N2O3/c1-18(23-8-4-6-19-5-2-3-7-24(19)23)32-14-13-22-17-33(27-15-20(30)9-12-28(27)36-22)21-10-11-26(31)25(16-21)29(34)35/h2-12,15-16,18,22,32H,13-14,17H2,1H3,(H,34,35)/t18-,22?/m1/s1. The van der Waals surface area contributed by atoms with E-state index in [4.69, 9.17) is 4.74 Å². The van der Waals surface area contributed by atoms with Crippen molar-refractivity contribution in [2.75, 3.05) is 18.0 Å². The molecule has 0 aromatic heterocycles. The number of fused-ring (bicyclic) bond motifs is 2. The number of carboxylic acids is 1. The van der Waals surface area contributed by atoms with Crippen molar-refractivity contribution < 1.29 is 23.4 Å². The van der Waals surface area contributed by atoms with Gasteiger partial charge < -0.3 is 20.1 Å². The Morgan fingerprint density at radius 3 is 2.72 bits per heavy atom. The lowest BCUT2D eigenvalue weighted by Crippen LogP contribution is -2.39. The number of ether oxygens (including phenoxy) is 1. The van der Waals surface area contributed by atoms with Crippen LogP contribution in [0.2, 0.25) is 0 Å². The highest BCUT2D eigenvalue weighted by atomic mass is 19.1. The predicted molar refractivity (Wildman–Crippen MR) is 136 cm³/mol. The van der Waals surface area contributed by atoms with Crippen LogP contribution in [0.4, 0.5) is 20.2 Å². The molecule has 1 unspecified atom stereocenters. The van der Waals surface area contributed by atoms with E-state index in [9.17, 15) is 18.7 Å². The molecule has 4 aromatic rings. The van der Waals surface area contributed by atoms with Gasteiger partial charge in [0.25, 0.3) is 0 Å². The Kier molecular flexibility index (Phi) is 6.57. The van der Waals surface area contributed by atoms with Crippen LogP contribution in [0.3, 0.4) is 0 Å². The number of aromatic carboxylic acids is 1. The van der Waals surface area contributed by atoms with Crippen molar-refractivity contribution in [1.29, 1.82) is 0 Å². The number of halogens is 2. The van der Waals surface area contributed by atoms with E-state index in [-0.39, 0.29) is 12.1 Å². The van der Waals surface area contributed by atoms with Crippen LogP contribution in [-0.2, 0) is 0 Å². The minimum absolute atomic E-state index is 0.118. The topological polar surface area (TPSA) is 61.8 Å². The smallest absolute Gasteiger partial charge is 0.338 e. The molecule has 1 aliphatic rings. The van der Waals surface area contributed by atoms with Gasteiger partial charge in [0.15, 0.2) is 0 Å². The maximum atomic E-state index is 14.1. The van der Waals surface area contributed by atoms with Crippen molar-refractivity contribution in [3.8, 4) is 5.75 Å². The second-order valence-corrected chi connectivity index (χ2v) is 8.96. The van der Waals surface area contributed by atoms with E-state index in [0.29, 0.717) is 36.6 Å². The first-order valence-corrected chi connectivity index (χ1v) is 11.9. The minimum Gasteiger partial charge on any atom is -0.486 e. The van der Waals surface area contributed by atoms with Gasteiger partial charge in [0.1, 0.15) is 23.5 Å². The van der Waals surface area contributed by atoms with E-state index in [2.05, 4.69) is 42.6 Å². The molecule has 2 atom stereocenters. The van der Waals surface area contributed by atoms with Crippen molar-refractivity contribution in [2.24, 2.45) is 0 Å². The molecular formula is C29H26F2N2O3. The monoisotopic (exact) mass is 488 g/mol. The van der Waals surface area contributed by atoms with Gasteiger partial charge in [0.2, 0.25) is 0 Å². The van der Waals surface area contributed by atoms with Gasteiger partial charge in [-0.2, -0.15) is 0 Å². The quantitative estimate of drug-likeness (QED) is 0.313. The first-order chi connectivity index (χ1) is 17.4. The largest absolute Gasteiger partial charge is 0.486 e. The summed E-state index contributed by atoms with van der Waals surface area (Å²) in [6, 6.07) is 22.8. The van der Waals surface area contributed by atoms with Crippen LogP contribution in [0.1, 0.15) is 35.3 Å². The Morgan fingerprint density at radius 1 is 1.08 bits per heavy atom. The van der Waals surface area contributed by atoms with Crippen LogP contribution < -0.4 is 15.0 Å². The van der Waals surface area contributed by atoms with Crippen LogP contribution in [0.15, 0.2) is 78.9 Å². The van der Waals surface area contributed by atoms with E-state index >= 15 is 0 Å². The second kappa shape index (κ2) is 9.95. The zero-order valence-corrected chi connectivity index (χ0v) is 19.7. The van der Waals surface area contributed by atoms with Crippen LogP contribution in [0, 0.1) is 11.6 Å². The fraction of sp³-hybridized carbons (Fsp3) is 0.207. The van der Waals surface area contributed by atoms with E-state index < -0.39 is 23.2 Å². The lowest BCUT2D eigenvalue weighted by atomic mass is 9.99. The summed E-state index contributed by atoms with van der Waals surface area (Å²) in [5.41, 5.74) is 1.73. The third-order valence-electron chi connectivity index (χ3n) is 6.59. The first kappa shape index (κ1) is 23.8. The van der Waals surface area contributed by atoms with Gasteiger partial charge in [-0.05, 0) is 66.6 Å². The molecule has 0 spiro atoms. The van der Waals surface area contributed by atoms with E-state index in [1.165, 1.54) is 40.6 Å². The molecule has 0 radical (unpaired) electrons. The highest BCUT2D eigenvalue weighted by Gasteiger charge is 2.28. The summed E-state index contributed by atoms with van der Waals surface area (Å²) in [6.45, 7) is 3.16. The average molecular weight is 489 g/mol. The van der Waals surface area contributed by atoms with Crippen molar-refractivity contribution >= 4 is 28.1 Å². The normalized spacial score (nSPS) is 15.9. The summed E-state index contributed by atoms with van der Waals surface area (Å²) in [5.74, 6) is -2.12. The summed E-state index contributed by atoms with van der Waals surface area (Å²) in [4.78, 5) is 13.3. The molecule has 5 rings (SSSR count). The lowest BCUT2D eigenvalue weighted by Gasteiger charge is -2.36. The first-order valence-electron chi connectivity index (χ1n) is 11.9. The summed E-state index contributed by atoms with van der Waals surface area (Å²) in [6.07, 6.45) is 0.420. The lowest BCUT2D eigenvalue weighted by molar-refractivity contribution is 0.0692. The number of rotatable bonds is 7. The van der Waals surface area contributed by atoms with Gasteiger partial charge in [-0.25, -0.2) is 13.6 Å². The molecule has 184 valence electrons. The van der Waals surface area contributed by atoms with Gasteiger partial charge >= 0.3 is 5.97 Å². The molecule has 0 amide bonds. The molecule has 2 N–H and O–H groups in total. The van der Waals surface area contributed by atoms with Crippen molar-refractivity contribution in [2.45, 2.75) is 25.5 Å². The van der Waals surface area contributed by atoms with Crippen molar-refractivity contribution in [3.63, 3.8) is 0 Å². The SMILES string of the molecule is C[C@@H](NCCC1CN(c2ccc(F)c(C(=O)O)c2)c2cc(F)ccc2O1)c1cccc2ccccc12. The Morgan fingerprint density at radius 2 is 1.89 bits per heavy atom. The van der Waals surface area contributed by atoms with Crippen LogP contribution in [0.5, 0.6) is 5.75 Å². The maximum Gasteiger partial charge on any atom is 0.338 e. The van der Waals surface area contributed by atoms with E-state index in [0.717, 1.165) is 6.07 Å². The predicted octanol–water partition coefficient (Wildman–Crippen LogP) is 6.46. The third-order valence-corrected chi connectivity index (χ3v) is 6.59. The number of anilines is 2. The van der Waals surface area contributed by atoms with Crippen LogP contribution in [-0.4, -0.2) is 30.3 Å². The Hall–Kier alpha value is -3.97. The Labute approximate surface area is 207 Å². The zero-order chi connectivity index (χ0) is 25.2. The second-order valence-electron chi connectivity index (χ2n) is 8.96. The number of nitrogens with one attached hydrogen (secondary N) is 1. The fourth-order valence-corrected chi connectivity index (χ4v) is 4.76. The fourth-order valence-electron chi connectivity index (χ4n) is 4.76. The molecule has 7 heteroatoms. The average Bonchev–Trinajstić information content (AvgIpc) is 2.88.